The van der Waals surface area contributed by atoms with Gasteiger partial charge in [0.05, 0.1) is 5.69 Å². The fraction of sp³-hybridized carbons (Fsp3) is 0.562. The van der Waals surface area contributed by atoms with E-state index in [9.17, 15) is 4.79 Å². The largest absolute Gasteiger partial charge is 0.443 e. The summed E-state index contributed by atoms with van der Waals surface area (Å²) in [6, 6.07) is 7.93. The van der Waals surface area contributed by atoms with E-state index in [1.807, 2.05) is 45.9 Å². The van der Waals surface area contributed by atoms with Crippen molar-refractivity contribution in [3.05, 3.63) is 29.8 Å². The number of fused-ring (bicyclic) bond motifs is 1. The molecule has 4 nitrogen and oxygen atoms in total. The fourth-order valence-corrected chi connectivity index (χ4v) is 2.40. The van der Waals surface area contributed by atoms with Gasteiger partial charge in [-0.05, 0) is 52.2 Å². The molecule has 1 heterocycles. The van der Waals surface area contributed by atoms with E-state index in [4.69, 9.17) is 9.47 Å². The van der Waals surface area contributed by atoms with Crippen molar-refractivity contribution >= 4 is 11.8 Å². The smallest absolute Gasteiger partial charge is 0.416 e. The van der Waals surface area contributed by atoms with Gasteiger partial charge in [0.2, 0.25) is 0 Å². The summed E-state index contributed by atoms with van der Waals surface area (Å²) in [5.74, 6) is 0. The molecule has 1 amide bonds. The topological polar surface area (TPSA) is 38.8 Å². The summed E-state index contributed by atoms with van der Waals surface area (Å²) < 4.78 is 11.2. The number of benzene rings is 1. The zero-order valence-electron chi connectivity index (χ0n) is 12.7. The Balaban J connectivity index is 2.31. The van der Waals surface area contributed by atoms with E-state index in [0.29, 0.717) is 6.61 Å². The number of hydrogen-bond donors (Lipinski definition) is 0. The first kappa shape index (κ1) is 14.9. The Bertz CT molecular complexity index is 479. The maximum absolute atomic E-state index is 12.5. The second-order valence-electron chi connectivity index (χ2n) is 5.93. The van der Waals surface area contributed by atoms with Crippen molar-refractivity contribution in [2.24, 2.45) is 0 Å². The van der Waals surface area contributed by atoms with Crippen molar-refractivity contribution < 1.29 is 14.3 Å². The molecule has 2 rings (SSSR count). The quantitative estimate of drug-likeness (QED) is 0.826. The van der Waals surface area contributed by atoms with Gasteiger partial charge in [-0.2, -0.15) is 0 Å². The predicted molar refractivity (Wildman–Crippen MR) is 78.9 cm³/mol. The number of ether oxygens (including phenoxy) is 2. The van der Waals surface area contributed by atoms with Crippen molar-refractivity contribution in [1.29, 1.82) is 0 Å². The lowest BCUT2D eigenvalue weighted by Crippen LogP contribution is -2.47. The van der Waals surface area contributed by atoms with Crippen LogP contribution in [0.4, 0.5) is 10.5 Å². The van der Waals surface area contributed by atoms with Gasteiger partial charge in [-0.1, -0.05) is 18.2 Å². The molecule has 110 valence electrons. The number of carbonyl (C=O) groups excluding carboxylic acids is 1. The number of hydrogen-bond acceptors (Lipinski definition) is 3. The van der Waals surface area contributed by atoms with Crippen molar-refractivity contribution in [2.75, 3.05) is 11.5 Å². The number of nitrogens with zero attached hydrogens (tertiary/aromatic N) is 1. The molecule has 4 heteroatoms. The molecule has 0 spiro atoms. The fourth-order valence-electron chi connectivity index (χ4n) is 2.40. The molecule has 0 saturated heterocycles. The Morgan fingerprint density at radius 2 is 2.05 bits per heavy atom. The van der Waals surface area contributed by atoms with Gasteiger partial charge >= 0.3 is 6.09 Å². The van der Waals surface area contributed by atoms with Crippen molar-refractivity contribution in [3.8, 4) is 0 Å². The molecule has 0 bridgehead atoms. The molecule has 20 heavy (non-hydrogen) atoms. The molecule has 1 aromatic carbocycles. The molecule has 0 N–H and O–H groups in total. The second kappa shape index (κ2) is 5.83. The highest BCUT2D eigenvalue weighted by atomic mass is 16.6. The van der Waals surface area contributed by atoms with Crippen molar-refractivity contribution in [3.63, 3.8) is 0 Å². The maximum Gasteiger partial charge on any atom is 0.416 e. The molecule has 0 aliphatic carbocycles. The Labute approximate surface area is 120 Å². The molecule has 1 aliphatic heterocycles. The average Bonchev–Trinajstić information content (AvgIpc) is 2.36. The van der Waals surface area contributed by atoms with Crippen LogP contribution in [0.2, 0.25) is 0 Å². The Morgan fingerprint density at radius 1 is 1.35 bits per heavy atom. The number of carbonyl (C=O) groups is 1. The zero-order valence-corrected chi connectivity index (χ0v) is 12.7. The van der Waals surface area contributed by atoms with Crippen LogP contribution in [-0.2, 0) is 15.9 Å². The Kier molecular flexibility index (Phi) is 4.33. The van der Waals surface area contributed by atoms with Crippen LogP contribution >= 0.6 is 0 Å². The Hall–Kier alpha value is -1.55. The van der Waals surface area contributed by atoms with E-state index in [-0.39, 0.29) is 12.3 Å². The third-order valence-corrected chi connectivity index (χ3v) is 3.15. The summed E-state index contributed by atoms with van der Waals surface area (Å²) in [5, 5.41) is 0. The van der Waals surface area contributed by atoms with Gasteiger partial charge < -0.3 is 9.47 Å². The summed E-state index contributed by atoms with van der Waals surface area (Å²) in [5.41, 5.74) is 1.54. The van der Waals surface area contributed by atoms with Gasteiger partial charge in [0.25, 0.3) is 0 Å². The van der Waals surface area contributed by atoms with Crippen molar-refractivity contribution in [2.45, 2.75) is 52.4 Å². The van der Waals surface area contributed by atoms with Crippen LogP contribution in [0, 0.1) is 0 Å². The van der Waals surface area contributed by atoms with E-state index in [1.54, 1.807) is 4.90 Å². The van der Waals surface area contributed by atoms with Gasteiger partial charge in [-0.3, -0.25) is 4.90 Å². The highest BCUT2D eigenvalue weighted by Gasteiger charge is 2.34. The average molecular weight is 277 g/mol. The van der Waals surface area contributed by atoms with Gasteiger partial charge in [-0.15, -0.1) is 0 Å². The van der Waals surface area contributed by atoms with Crippen LogP contribution in [0.3, 0.4) is 0 Å². The van der Waals surface area contributed by atoms with Crippen LogP contribution < -0.4 is 4.90 Å². The van der Waals surface area contributed by atoms with E-state index < -0.39 is 5.60 Å². The number of anilines is 1. The molecule has 0 radical (unpaired) electrons. The third kappa shape index (κ3) is 3.31. The lowest BCUT2D eigenvalue weighted by Gasteiger charge is -2.37. The summed E-state index contributed by atoms with van der Waals surface area (Å²) >= 11 is 0. The molecule has 1 unspecified atom stereocenters. The lowest BCUT2D eigenvalue weighted by molar-refractivity contribution is 0.0230. The first-order valence-corrected chi connectivity index (χ1v) is 7.14. The number of para-hydroxylation sites is 1. The van der Waals surface area contributed by atoms with E-state index >= 15 is 0 Å². The van der Waals surface area contributed by atoms with Gasteiger partial charge in [-0.25, -0.2) is 4.79 Å². The molecule has 1 aliphatic rings. The van der Waals surface area contributed by atoms with Crippen LogP contribution in [0.5, 0.6) is 0 Å². The van der Waals surface area contributed by atoms with Crippen LogP contribution in [0.25, 0.3) is 0 Å². The molecule has 1 atom stereocenters. The summed E-state index contributed by atoms with van der Waals surface area (Å²) in [6.07, 6.45) is 1.12. The first-order chi connectivity index (χ1) is 9.42. The third-order valence-electron chi connectivity index (χ3n) is 3.15. The highest BCUT2D eigenvalue weighted by Crippen LogP contribution is 2.32. The number of amides is 1. The number of aryl methyl sites for hydroxylation is 1. The predicted octanol–water partition coefficient (Wildman–Crippen LogP) is 3.74. The molecule has 1 aromatic rings. The minimum Gasteiger partial charge on any atom is -0.443 e. The van der Waals surface area contributed by atoms with E-state index in [1.165, 1.54) is 0 Å². The molecule has 0 fully saturated rings. The lowest BCUT2D eigenvalue weighted by atomic mass is 10.0. The molecule has 0 saturated carbocycles. The molecule has 0 aromatic heterocycles. The van der Waals surface area contributed by atoms with E-state index in [2.05, 4.69) is 6.07 Å². The van der Waals surface area contributed by atoms with Crippen LogP contribution in [0.1, 0.15) is 39.7 Å². The monoisotopic (exact) mass is 277 g/mol. The van der Waals surface area contributed by atoms with Gasteiger partial charge in [0.1, 0.15) is 11.8 Å². The van der Waals surface area contributed by atoms with Crippen LogP contribution in [-0.4, -0.2) is 24.5 Å². The van der Waals surface area contributed by atoms with Crippen LogP contribution in [0.15, 0.2) is 24.3 Å². The standard InChI is InChI=1S/C16H23NO3/c1-5-19-14-11-10-12-8-6-7-9-13(12)17(14)15(18)20-16(2,3)4/h6-9,14H,5,10-11H2,1-4H3. The van der Waals surface area contributed by atoms with Crippen molar-refractivity contribution in [1.82, 2.24) is 0 Å². The first-order valence-electron chi connectivity index (χ1n) is 7.14. The Morgan fingerprint density at radius 3 is 2.70 bits per heavy atom. The SMILES string of the molecule is CCOC1CCc2ccccc2N1C(=O)OC(C)(C)C. The number of rotatable bonds is 2. The minimum atomic E-state index is -0.514. The molecular weight excluding hydrogens is 254 g/mol. The zero-order chi connectivity index (χ0) is 14.8. The van der Waals surface area contributed by atoms with Gasteiger partial charge in [0.15, 0.2) is 0 Å². The minimum absolute atomic E-state index is 0.246. The summed E-state index contributed by atoms with van der Waals surface area (Å²) in [7, 11) is 0. The van der Waals surface area contributed by atoms with Gasteiger partial charge in [0, 0.05) is 6.61 Å². The highest BCUT2D eigenvalue weighted by molar-refractivity contribution is 5.90. The molecular formula is C16H23NO3. The second-order valence-corrected chi connectivity index (χ2v) is 5.93. The summed E-state index contributed by atoms with van der Waals surface area (Å²) in [4.78, 5) is 14.1. The summed E-state index contributed by atoms with van der Waals surface area (Å²) in [6.45, 7) is 8.13. The maximum atomic E-state index is 12.5. The van der Waals surface area contributed by atoms with E-state index in [0.717, 1.165) is 24.1 Å². The normalized spacial score (nSPS) is 18.6.